The molecule has 0 heterocycles. The molecular weight excluding hydrogens is 464 g/mol. The van der Waals surface area contributed by atoms with Crippen molar-refractivity contribution in [3.05, 3.63) is 84.4 Å². The number of rotatable bonds is 11. The quantitative estimate of drug-likeness (QED) is 0.223. The summed E-state index contributed by atoms with van der Waals surface area (Å²) in [6.45, 7) is -0.748. The third-order valence-electron chi connectivity index (χ3n) is 5.32. The third kappa shape index (κ3) is 8.19. The first kappa shape index (κ1) is 26.3. The Morgan fingerprint density at radius 1 is 0.944 bits per heavy atom. The number of carboxylic acid groups (broad SMARTS) is 1. The van der Waals surface area contributed by atoms with Crippen LogP contribution >= 0.6 is 0 Å². The van der Waals surface area contributed by atoms with Gasteiger partial charge in [0, 0.05) is 17.1 Å². The van der Waals surface area contributed by atoms with E-state index in [1.54, 1.807) is 72.8 Å². The summed E-state index contributed by atoms with van der Waals surface area (Å²) in [7, 11) is 0. The van der Waals surface area contributed by atoms with Crippen LogP contribution in [0.1, 0.15) is 5.56 Å². The molecule has 0 saturated heterocycles. The molecule has 0 aliphatic rings. The molecule has 36 heavy (non-hydrogen) atoms. The molecule has 0 aliphatic carbocycles. The van der Waals surface area contributed by atoms with E-state index >= 15 is 0 Å². The zero-order valence-electron chi connectivity index (χ0n) is 19.6. The number of ether oxygens (including phenoxy) is 1. The molecule has 10 heteroatoms. The van der Waals surface area contributed by atoms with E-state index in [9.17, 15) is 24.9 Å². The minimum Gasteiger partial charge on any atom is -0.491 e. The van der Waals surface area contributed by atoms with Gasteiger partial charge in [-0.2, -0.15) is 0 Å². The maximum absolute atomic E-state index is 12.2. The Labute approximate surface area is 208 Å². The van der Waals surface area contributed by atoms with Crippen LogP contribution < -0.4 is 21.1 Å². The number of carbonyl (C=O) groups is 2. The summed E-state index contributed by atoms with van der Waals surface area (Å²) in [5.41, 5.74) is 8.07. The number of benzene rings is 3. The van der Waals surface area contributed by atoms with Gasteiger partial charge < -0.3 is 41.3 Å². The second-order valence-electron chi connectivity index (χ2n) is 8.15. The average molecular weight is 495 g/mol. The molecular formula is C26H30N4O6. The molecule has 2 atom stereocenters. The number of para-hydroxylation sites is 1. The number of hydrogen-bond donors (Lipinski definition) is 6. The lowest BCUT2D eigenvalue weighted by Crippen LogP contribution is -2.48. The zero-order chi connectivity index (χ0) is 25.9. The molecule has 7 N–H and O–H groups in total. The first-order valence-corrected chi connectivity index (χ1v) is 11.3. The maximum atomic E-state index is 12.2. The number of carbonyl (C=O) groups excluding carboxylic acids is 1. The smallest absolute Gasteiger partial charge is 0.407 e. The van der Waals surface area contributed by atoms with Crippen LogP contribution in [0.5, 0.6) is 5.75 Å². The number of nitrogens with two attached hydrogens (primary N) is 1. The van der Waals surface area contributed by atoms with Crippen molar-refractivity contribution in [3.8, 4) is 5.75 Å². The molecule has 0 unspecified atom stereocenters. The van der Waals surface area contributed by atoms with Crippen LogP contribution in [0.2, 0.25) is 0 Å². The number of urea groups is 1. The SMILES string of the molecule is Nc1cccc(NC(=O)Nc2ccc(C[C@@H](CO)N(C[C@H](O)COc3ccccc3)C(=O)O)cc2)c1. The van der Waals surface area contributed by atoms with E-state index in [0.29, 0.717) is 22.8 Å². The normalized spacial score (nSPS) is 12.3. The number of nitrogens with one attached hydrogen (secondary N) is 2. The lowest BCUT2D eigenvalue weighted by atomic mass is 10.0. The molecule has 0 spiro atoms. The van der Waals surface area contributed by atoms with E-state index in [1.165, 1.54) is 0 Å². The molecule has 3 amide bonds. The van der Waals surface area contributed by atoms with Crippen molar-refractivity contribution >= 4 is 29.2 Å². The summed E-state index contributed by atoms with van der Waals surface area (Å²) in [6, 6.07) is 21.3. The fourth-order valence-corrected chi connectivity index (χ4v) is 3.55. The van der Waals surface area contributed by atoms with E-state index in [1.807, 2.05) is 6.07 Å². The van der Waals surface area contributed by atoms with Crippen molar-refractivity contribution < 1.29 is 29.6 Å². The van der Waals surface area contributed by atoms with Gasteiger partial charge in [-0.3, -0.25) is 0 Å². The topological polar surface area (TPSA) is 157 Å². The van der Waals surface area contributed by atoms with Gasteiger partial charge in [0.25, 0.3) is 0 Å². The molecule has 3 rings (SSSR count). The number of anilines is 3. The summed E-state index contributed by atoms with van der Waals surface area (Å²) in [6.07, 6.45) is -2.13. The van der Waals surface area contributed by atoms with Crippen molar-refractivity contribution in [1.82, 2.24) is 4.90 Å². The highest BCUT2D eigenvalue weighted by Gasteiger charge is 2.26. The number of amides is 3. The zero-order valence-corrected chi connectivity index (χ0v) is 19.6. The molecule has 10 nitrogen and oxygen atoms in total. The summed E-state index contributed by atoms with van der Waals surface area (Å²) < 4.78 is 5.49. The Hall–Kier alpha value is -4.28. The van der Waals surface area contributed by atoms with Gasteiger partial charge in [0.2, 0.25) is 0 Å². The van der Waals surface area contributed by atoms with E-state index in [2.05, 4.69) is 10.6 Å². The predicted octanol–water partition coefficient (Wildman–Crippen LogP) is 3.24. The summed E-state index contributed by atoms with van der Waals surface area (Å²) in [5, 5.41) is 35.2. The second kappa shape index (κ2) is 13.0. The standard InChI is InChI=1S/C26H30N4O6/c27-19-5-4-6-21(14-19)29-25(33)28-20-11-9-18(10-12-20)13-22(16-31)30(26(34)35)15-23(32)17-36-24-7-2-1-3-8-24/h1-12,14,22-23,31-32H,13,15-17,27H2,(H,34,35)(H2,28,29,33)/t22-,23-/m0/s1. The molecule has 190 valence electrons. The fourth-order valence-electron chi connectivity index (χ4n) is 3.55. The summed E-state index contributed by atoms with van der Waals surface area (Å²) in [4.78, 5) is 25.1. The Kier molecular flexibility index (Phi) is 9.49. The minimum absolute atomic E-state index is 0.0933. The highest BCUT2D eigenvalue weighted by Crippen LogP contribution is 2.16. The van der Waals surface area contributed by atoms with Crippen LogP contribution in [0, 0.1) is 0 Å². The molecule has 0 fully saturated rings. The molecule has 3 aromatic carbocycles. The van der Waals surface area contributed by atoms with E-state index in [4.69, 9.17) is 10.5 Å². The van der Waals surface area contributed by atoms with E-state index < -0.39 is 30.9 Å². The summed E-state index contributed by atoms with van der Waals surface area (Å²) in [5.74, 6) is 0.562. The molecule has 0 aromatic heterocycles. The Balaban J connectivity index is 1.54. The number of hydrogen-bond acceptors (Lipinski definition) is 6. The van der Waals surface area contributed by atoms with Gasteiger partial charge in [-0.05, 0) is 54.4 Å². The van der Waals surface area contributed by atoms with Crippen LogP contribution in [-0.4, -0.2) is 64.2 Å². The number of aliphatic hydroxyl groups is 2. The van der Waals surface area contributed by atoms with Crippen LogP contribution in [-0.2, 0) is 6.42 Å². The van der Waals surface area contributed by atoms with Crippen LogP contribution in [0.3, 0.4) is 0 Å². The average Bonchev–Trinajstić information content (AvgIpc) is 2.86. The number of nitrogen functional groups attached to an aromatic ring is 1. The molecule has 0 radical (unpaired) electrons. The molecule has 3 aromatic rings. The summed E-state index contributed by atoms with van der Waals surface area (Å²) >= 11 is 0. The van der Waals surface area contributed by atoms with Crippen molar-refractivity contribution in [2.24, 2.45) is 0 Å². The number of aliphatic hydroxyl groups excluding tert-OH is 2. The largest absolute Gasteiger partial charge is 0.491 e. The maximum Gasteiger partial charge on any atom is 0.407 e. The Morgan fingerprint density at radius 3 is 2.28 bits per heavy atom. The third-order valence-corrected chi connectivity index (χ3v) is 5.32. The van der Waals surface area contributed by atoms with Crippen molar-refractivity contribution in [2.45, 2.75) is 18.6 Å². The molecule has 0 saturated carbocycles. The highest BCUT2D eigenvalue weighted by molar-refractivity contribution is 5.99. The van der Waals surface area contributed by atoms with Gasteiger partial charge in [-0.1, -0.05) is 36.4 Å². The van der Waals surface area contributed by atoms with Crippen LogP contribution in [0.25, 0.3) is 0 Å². The van der Waals surface area contributed by atoms with Gasteiger partial charge in [-0.25, -0.2) is 9.59 Å². The molecule has 0 aliphatic heterocycles. The fraction of sp³-hybridized carbons (Fsp3) is 0.231. The van der Waals surface area contributed by atoms with Crippen LogP contribution in [0.4, 0.5) is 26.7 Å². The van der Waals surface area contributed by atoms with Gasteiger partial charge in [0.15, 0.2) is 0 Å². The first-order valence-electron chi connectivity index (χ1n) is 11.3. The van der Waals surface area contributed by atoms with Crippen molar-refractivity contribution in [1.29, 1.82) is 0 Å². The van der Waals surface area contributed by atoms with Crippen molar-refractivity contribution in [3.63, 3.8) is 0 Å². The number of nitrogens with zero attached hydrogens (tertiary/aromatic N) is 1. The second-order valence-corrected chi connectivity index (χ2v) is 8.15. The van der Waals surface area contributed by atoms with Gasteiger partial charge in [0.1, 0.15) is 18.5 Å². The Bertz CT molecular complexity index is 1130. The lowest BCUT2D eigenvalue weighted by Gasteiger charge is -2.30. The van der Waals surface area contributed by atoms with E-state index in [-0.39, 0.29) is 19.6 Å². The monoisotopic (exact) mass is 494 g/mol. The Morgan fingerprint density at radius 2 is 1.64 bits per heavy atom. The van der Waals surface area contributed by atoms with Gasteiger partial charge in [-0.15, -0.1) is 0 Å². The first-order chi connectivity index (χ1) is 17.3. The highest BCUT2D eigenvalue weighted by atomic mass is 16.5. The molecule has 0 bridgehead atoms. The predicted molar refractivity (Wildman–Crippen MR) is 137 cm³/mol. The minimum atomic E-state index is -1.26. The lowest BCUT2D eigenvalue weighted by molar-refractivity contribution is 0.0388. The van der Waals surface area contributed by atoms with Gasteiger partial charge >= 0.3 is 12.1 Å². The van der Waals surface area contributed by atoms with E-state index in [0.717, 1.165) is 10.5 Å². The van der Waals surface area contributed by atoms with Gasteiger partial charge in [0.05, 0.1) is 19.2 Å². The van der Waals surface area contributed by atoms with Crippen LogP contribution in [0.15, 0.2) is 78.9 Å². The van der Waals surface area contributed by atoms with Crippen molar-refractivity contribution in [2.75, 3.05) is 36.1 Å².